The zero-order valence-corrected chi connectivity index (χ0v) is 21.4. The number of guanidine groups is 1. The second-order valence-electron chi connectivity index (χ2n) is 7.82. The summed E-state index contributed by atoms with van der Waals surface area (Å²) in [5.74, 6) is 2.89. The Morgan fingerprint density at radius 1 is 1.15 bits per heavy atom. The summed E-state index contributed by atoms with van der Waals surface area (Å²) in [6, 6.07) is 16.2. The summed E-state index contributed by atoms with van der Waals surface area (Å²) in [7, 11) is 1.74. The van der Waals surface area contributed by atoms with E-state index in [9.17, 15) is 0 Å². The van der Waals surface area contributed by atoms with Gasteiger partial charge in [-0.15, -0.1) is 24.0 Å². The molecular formula is C25H31IN4O3. The van der Waals surface area contributed by atoms with Crippen LogP contribution in [0.5, 0.6) is 5.75 Å². The maximum atomic E-state index is 6.09. The number of rotatable bonds is 8. The lowest BCUT2D eigenvalue weighted by Crippen LogP contribution is -2.36. The summed E-state index contributed by atoms with van der Waals surface area (Å²) in [5, 5.41) is 6.59. The quantitative estimate of drug-likeness (QED) is 0.236. The van der Waals surface area contributed by atoms with E-state index in [1.165, 1.54) is 0 Å². The van der Waals surface area contributed by atoms with E-state index >= 15 is 0 Å². The minimum atomic E-state index is 0. The Morgan fingerprint density at radius 2 is 1.97 bits per heavy atom. The van der Waals surface area contributed by atoms with E-state index in [0.29, 0.717) is 31.5 Å². The van der Waals surface area contributed by atoms with Gasteiger partial charge in [0.05, 0.1) is 18.8 Å². The average Bonchev–Trinajstić information content (AvgIpc) is 3.52. The van der Waals surface area contributed by atoms with E-state index in [-0.39, 0.29) is 30.1 Å². The third kappa shape index (κ3) is 7.20. The maximum Gasteiger partial charge on any atom is 0.214 e. The molecule has 0 aliphatic carbocycles. The van der Waals surface area contributed by atoms with Gasteiger partial charge in [-0.05, 0) is 31.4 Å². The molecule has 2 N–H and O–H groups in total. The molecule has 1 aliphatic heterocycles. The zero-order chi connectivity index (χ0) is 22.2. The van der Waals surface area contributed by atoms with Crippen LogP contribution in [0.4, 0.5) is 0 Å². The van der Waals surface area contributed by atoms with Crippen molar-refractivity contribution >= 4 is 29.9 Å². The fourth-order valence-corrected chi connectivity index (χ4v) is 3.59. The normalized spacial score (nSPS) is 15.7. The van der Waals surface area contributed by atoms with E-state index in [1.54, 1.807) is 13.2 Å². The molecule has 8 heteroatoms. The summed E-state index contributed by atoms with van der Waals surface area (Å²) >= 11 is 0. The first-order valence-electron chi connectivity index (χ1n) is 11.0. The minimum absolute atomic E-state index is 0. The number of nitrogens with one attached hydrogen (secondary N) is 2. The van der Waals surface area contributed by atoms with E-state index < -0.39 is 0 Å². The van der Waals surface area contributed by atoms with E-state index in [0.717, 1.165) is 47.6 Å². The molecule has 1 aliphatic rings. The Hall–Kier alpha value is -2.59. The second-order valence-corrected chi connectivity index (χ2v) is 7.82. The van der Waals surface area contributed by atoms with Crippen molar-refractivity contribution in [2.45, 2.75) is 39.0 Å². The van der Waals surface area contributed by atoms with Gasteiger partial charge in [-0.1, -0.05) is 42.5 Å². The van der Waals surface area contributed by atoms with Crippen molar-refractivity contribution in [3.63, 3.8) is 0 Å². The first-order chi connectivity index (χ1) is 15.7. The Labute approximate surface area is 212 Å². The molecule has 1 unspecified atom stereocenters. The molecule has 33 heavy (non-hydrogen) atoms. The zero-order valence-electron chi connectivity index (χ0n) is 19.0. The van der Waals surface area contributed by atoms with Gasteiger partial charge >= 0.3 is 0 Å². The van der Waals surface area contributed by atoms with Crippen LogP contribution < -0.4 is 15.4 Å². The van der Waals surface area contributed by atoms with Crippen LogP contribution in [0, 0.1) is 6.92 Å². The Balaban J connectivity index is 0.00000306. The van der Waals surface area contributed by atoms with Crippen molar-refractivity contribution in [1.82, 2.24) is 15.6 Å². The van der Waals surface area contributed by atoms with Gasteiger partial charge in [0, 0.05) is 31.3 Å². The van der Waals surface area contributed by atoms with Crippen molar-refractivity contribution in [2.24, 2.45) is 4.99 Å². The molecule has 1 atom stereocenters. The van der Waals surface area contributed by atoms with Gasteiger partial charge in [-0.25, -0.2) is 4.98 Å². The van der Waals surface area contributed by atoms with Crippen LogP contribution in [0.25, 0.3) is 11.3 Å². The number of aromatic nitrogens is 1. The maximum absolute atomic E-state index is 6.09. The van der Waals surface area contributed by atoms with Crippen LogP contribution in [0.2, 0.25) is 0 Å². The number of oxazole rings is 1. The fraction of sp³-hybridized carbons (Fsp3) is 0.360. The van der Waals surface area contributed by atoms with Crippen molar-refractivity contribution in [1.29, 1.82) is 0 Å². The van der Waals surface area contributed by atoms with Crippen molar-refractivity contribution in [3.8, 4) is 17.1 Å². The number of aryl methyl sites for hydroxylation is 1. The number of aliphatic imine (C=N–C) groups is 1. The molecule has 7 nitrogen and oxygen atoms in total. The highest BCUT2D eigenvalue weighted by molar-refractivity contribution is 14.0. The van der Waals surface area contributed by atoms with Gasteiger partial charge in [0.1, 0.15) is 12.4 Å². The second kappa shape index (κ2) is 12.6. The molecule has 0 spiro atoms. The molecule has 2 heterocycles. The fourth-order valence-electron chi connectivity index (χ4n) is 3.59. The van der Waals surface area contributed by atoms with Crippen LogP contribution in [-0.2, 0) is 17.8 Å². The van der Waals surface area contributed by atoms with E-state index in [2.05, 4.69) is 45.7 Å². The van der Waals surface area contributed by atoms with Crippen molar-refractivity contribution in [2.75, 3.05) is 20.3 Å². The highest BCUT2D eigenvalue weighted by Gasteiger charge is 2.17. The monoisotopic (exact) mass is 562 g/mol. The molecule has 0 saturated carbocycles. The lowest BCUT2D eigenvalue weighted by atomic mass is 10.1. The number of nitrogens with zero attached hydrogens (tertiary/aromatic N) is 2. The highest BCUT2D eigenvalue weighted by atomic mass is 127. The van der Waals surface area contributed by atoms with E-state index in [4.69, 9.17) is 13.9 Å². The van der Waals surface area contributed by atoms with Gasteiger partial charge in [0.15, 0.2) is 11.7 Å². The summed E-state index contributed by atoms with van der Waals surface area (Å²) in [6.45, 7) is 4.49. The number of hydrogen-bond acceptors (Lipinski definition) is 5. The number of halogens is 1. The topological polar surface area (TPSA) is 80.9 Å². The predicted octanol–water partition coefficient (Wildman–Crippen LogP) is 4.69. The summed E-state index contributed by atoms with van der Waals surface area (Å²) in [6.07, 6.45) is 4.09. The van der Waals surface area contributed by atoms with Gasteiger partial charge in [0.25, 0.3) is 0 Å². The third-order valence-corrected chi connectivity index (χ3v) is 5.36. The molecule has 0 bridgehead atoms. The minimum Gasteiger partial charge on any atom is -0.491 e. The molecule has 0 amide bonds. The number of hydrogen-bond donors (Lipinski definition) is 2. The Bertz CT molecular complexity index is 1030. The van der Waals surface area contributed by atoms with Crippen LogP contribution in [-0.4, -0.2) is 37.3 Å². The van der Waals surface area contributed by atoms with Crippen LogP contribution in [0.3, 0.4) is 0 Å². The SMILES string of the molecule is CN=C(NCc1ncc(-c2ccccc2)o1)NCc1ccc(C)cc1OCC1CCCO1.I. The predicted molar refractivity (Wildman–Crippen MR) is 140 cm³/mol. The Kier molecular flexibility index (Phi) is 9.56. The smallest absolute Gasteiger partial charge is 0.214 e. The number of benzene rings is 2. The Morgan fingerprint density at radius 3 is 2.73 bits per heavy atom. The molecule has 3 aromatic rings. The molecule has 1 fully saturated rings. The van der Waals surface area contributed by atoms with Gasteiger partial charge < -0.3 is 24.5 Å². The first kappa shape index (κ1) is 25.0. The van der Waals surface area contributed by atoms with Crippen LogP contribution in [0.1, 0.15) is 29.9 Å². The molecule has 1 saturated heterocycles. The lowest BCUT2D eigenvalue weighted by Gasteiger charge is -2.17. The van der Waals surface area contributed by atoms with Gasteiger partial charge in [-0.3, -0.25) is 4.99 Å². The molecule has 4 rings (SSSR count). The number of ether oxygens (including phenoxy) is 2. The third-order valence-electron chi connectivity index (χ3n) is 5.36. The molecule has 0 radical (unpaired) electrons. The largest absolute Gasteiger partial charge is 0.491 e. The molecule has 2 aromatic carbocycles. The summed E-state index contributed by atoms with van der Waals surface area (Å²) < 4.78 is 17.6. The summed E-state index contributed by atoms with van der Waals surface area (Å²) in [4.78, 5) is 8.66. The van der Waals surface area contributed by atoms with E-state index in [1.807, 2.05) is 30.3 Å². The van der Waals surface area contributed by atoms with Crippen molar-refractivity contribution in [3.05, 3.63) is 71.7 Å². The molecule has 176 valence electrons. The average molecular weight is 562 g/mol. The lowest BCUT2D eigenvalue weighted by molar-refractivity contribution is 0.0676. The van der Waals surface area contributed by atoms with Gasteiger partial charge in [-0.2, -0.15) is 0 Å². The summed E-state index contributed by atoms with van der Waals surface area (Å²) in [5.41, 5.74) is 3.24. The van der Waals surface area contributed by atoms with Gasteiger partial charge in [0.2, 0.25) is 5.89 Å². The van der Waals surface area contributed by atoms with Crippen LogP contribution >= 0.6 is 24.0 Å². The van der Waals surface area contributed by atoms with Crippen molar-refractivity contribution < 1.29 is 13.9 Å². The standard InChI is InChI=1S/C25H30N4O3.HI/c1-18-10-11-20(22(13-18)31-17-21-9-6-12-30-21)14-28-25(26-2)29-16-24-27-15-23(32-24)19-7-4-3-5-8-19;/h3-5,7-8,10-11,13,15,21H,6,9,12,14,16-17H2,1-2H3,(H2,26,28,29);1H. The molecule has 1 aromatic heterocycles. The highest BCUT2D eigenvalue weighted by Crippen LogP contribution is 2.22. The van der Waals surface area contributed by atoms with Crippen LogP contribution in [0.15, 0.2) is 64.1 Å². The first-order valence-corrected chi connectivity index (χ1v) is 11.0. The molecular weight excluding hydrogens is 531 g/mol.